The van der Waals surface area contributed by atoms with E-state index >= 15 is 0 Å². The van der Waals surface area contributed by atoms with Crippen LogP contribution < -0.4 is 10.1 Å². The summed E-state index contributed by atoms with van der Waals surface area (Å²) in [6, 6.07) is 7.48. The van der Waals surface area contributed by atoms with Crippen LogP contribution in [-0.2, 0) is 17.8 Å². The summed E-state index contributed by atoms with van der Waals surface area (Å²) in [4.78, 5) is 16.5. The van der Waals surface area contributed by atoms with Gasteiger partial charge in [0, 0.05) is 5.92 Å². The maximum atomic E-state index is 12.1. The number of carbonyl (C=O) groups is 1. The van der Waals surface area contributed by atoms with Gasteiger partial charge in [0.1, 0.15) is 5.75 Å². The fourth-order valence-corrected chi connectivity index (χ4v) is 3.07. The minimum absolute atomic E-state index is 0.0827. The van der Waals surface area contributed by atoms with Crippen molar-refractivity contribution >= 4 is 5.91 Å². The quantitative estimate of drug-likeness (QED) is 0.881. The van der Waals surface area contributed by atoms with Crippen molar-refractivity contribution in [1.82, 2.24) is 15.5 Å². The molecule has 6 heteroatoms. The maximum Gasteiger partial charge on any atom is 0.246 e. The van der Waals surface area contributed by atoms with Gasteiger partial charge < -0.3 is 14.6 Å². The standard InChI is InChI=1S/C18H23N3O3/c1-23-15-9-5-6-13(10-15)11-16(22)19-12-17-20-18(21-24-17)14-7-3-2-4-8-14/h5-6,9-10,14H,2-4,7-8,11-12H2,1H3,(H,19,22). The third kappa shape index (κ3) is 4.34. The van der Waals surface area contributed by atoms with Crippen molar-refractivity contribution in [2.24, 2.45) is 0 Å². The van der Waals surface area contributed by atoms with Crippen LogP contribution in [-0.4, -0.2) is 23.2 Å². The first-order chi connectivity index (χ1) is 11.7. The average molecular weight is 329 g/mol. The number of nitrogens with zero attached hydrogens (tertiary/aromatic N) is 2. The summed E-state index contributed by atoms with van der Waals surface area (Å²) in [6.07, 6.45) is 6.29. The summed E-state index contributed by atoms with van der Waals surface area (Å²) < 4.78 is 10.4. The Labute approximate surface area is 141 Å². The molecule has 0 saturated heterocycles. The summed E-state index contributed by atoms with van der Waals surface area (Å²) in [5, 5.41) is 6.90. The SMILES string of the molecule is COc1cccc(CC(=O)NCc2nc(C3CCCCC3)no2)c1. The van der Waals surface area contributed by atoms with E-state index in [1.165, 1.54) is 19.3 Å². The molecule has 1 fully saturated rings. The van der Waals surface area contributed by atoms with Crippen LogP contribution in [0.4, 0.5) is 0 Å². The zero-order valence-electron chi connectivity index (χ0n) is 14.0. The summed E-state index contributed by atoms with van der Waals surface area (Å²) in [7, 11) is 1.61. The Hall–Kier alpha value is -2.37. The second-order valence-electron chi connectivity index (χ2n) is 6.19. The van der Waals surface area contributed by atoms with E-state index in [2.05, 4.69) is 15.5 Å². The van der Waals surface area contributed by atoms with Crippen LogP contribution in [0.25, 0.3) is 0 Å². The molecule has 1 N–H and O–H groups in total. The number of carbonyl (C=O) groups excluding carboxylic acids is 1. The lowest BCUT2D eigenvalue weighted by atomic mass is 9.89. The summed E-state index contributed by atoms with van der Waals surface area (Å²) >= 11 is 0. The fraction of sp³-hybridized carbons (Fsp3) is 0.500. The first-order valence-electron chi connectivity index (χ1n) is 8.46. The van der Waals surface area contributed by atoms with Gasteiger partial charge in [-0.2, -0.15) is 4.98 Å². The van der Waals surface area contributed by atoms with E-state index in [0.717, 1.165) is 30.0 Å². The van der Waals surface area contributed by atoms with E-state index in [0.29, 0.717) is 18.2 Å². The Morgan fingerprint density at radius 1 is 1.33 bits per heavy atom. The highest BCUT2D eigenvalue weighted by Gasteiger charge is 2.20. The van der Waals surface area contributed by atoms with E-state index < -0.39 is 0 Å². The Bertz CT molecular complexity index is 678. The van der Waals surface area contributed by atoms with Crippen molar-refractivity contribution in [3.63, 3.8) is 0 Å². The Kier molecular flexibility index (Phi) is 5.46. The highest BCUT2D eigenvalue weighted by atomic mass is 16.5. The molecule has 0 aliphatic heterocycles. The number of amides is 1. The first kappa shape index (κ1) is 16.5. The fourth-order valence-electron chi connectivity index (χ4n) is 3.07. The number of hydrogen-bond donors (Lipinski definition) is 1. The molecule has 1 saturated carbocycles. The van der Waals surface area contributed by atoms with E-state index in [4.69, 9.17) is 9.26 Å². The van der Waals surface area contributed by atoms with E-state index in [1.807, 2.05) is 24.3 Å². The topological polar surface area (TPSA) is 77.2 Å². The minimum Gasteiger partial charge on any atom is -0.497 e. The van der Waals surface area contributed by atoms with Crippen molar-refractivity contribution in [2.45, 2.75) is 51.0 Å². The molecule has 0 bridgehead atoms. The van der Waals surface area contributed by atoms with Gasteiger partial charge in [0.2, 0.25) is 11.8 Å². The van der Waals surface area contributed by atoms with Gasteiger partial charge in [0.15, 0.2) is 5.82 Å². The Balaban J connectivity index is 1.50. The predicted octanol–water partition coefficient (Wildman–Crippen LogP) is 2.98. The lowest BCUT2D eigenvalue weighted by Crippen LogP contribution is -2.24. The van der Waals surface area contributed by atoms with Gasteiger partial charge in [-0.05, 0) is 30.5 Å². The minimum atomic E-state index is -0.0827. The average Bonchev–Trinajstić information content (AvgIpc) is 3.10. The number of aromatic nitrogens is 2. The van der Waals surface area contributed by atoms with Gasteiger partial charge >= 0.3 is 0 Å². The van der Waals surface area contributed by atoms with Crippen LogP contribution in [0.5, 0.6) is 5.75 Å². The largest absolute Gasteiger partial charge is 0.497 e. The van der Waals surface area contributed by atoms with Gasteiger partial charge in [0.25, 0.3) is 0 Å². The Morgan fingerprint density at radius 3 is 2.96 bits per heavy atom. The normalized spacial score (nSPS) is 15.2. The van der Waals surface area contributed by atoms with Crippen LogP contribution in [0.3, 0.4) is 0 Å². The smallest absolute Gasteiger partial charge is 0.246 e. The van der Waals surface area contributed by atoms with Crippen molar-refractivity contribution in [1.29, 1.82) is 0 Å². The molecule has 1 aliphatic rings. The van der Waals surface area contributed by atoms with Crippen LogP contribution in [0.15, 0.2) is 28.8 Å². The number of nitrogens with one attached hydrogen (secondary N) is 1. The molecule has 3 rings (SSSR count). The van der Waals surface area contributed by atoms with Crippen LogP contribution in [0.2, 0.25) is 0 Å². The van der Waals surface area contributed by atoms with E-state index in [1.54, 1.807) is 7.11 Å². The zero-order chi connectivity index (χ0) is 16.8. The first-order valence-corrected chi connectivity index (χ1v) is 8.46. The molecular weight excluding hydrogens is 306 g/mol. The van der Waals surface area contributed by atoms with Gasteiger partial charge in [-0.15, -0.1) is 0 Å². The van der Waals surface area contributed by atoms with Gasteiger partial charge in [-0.3, -0.25) is 4.79 Å². The van der Waals surface area contributed by atoms with Crippen LogP contribution in [0, 0.1) is 0 Å². The highest BCUT2D eigenvalue weighted by molar-refractivity contribution is 5.78. The second kappa shape index (κ2) is 7.95. The second-order valence-corrected chi connectivity index (χ2v) is 6.19. The third-order valence-corrected chi connectivity index (χ3v) is 4.39. The monoisotopic (exact) mass is 329 g/mol. The molecule has 1 amide bonds. The third-order valence-electron chi connectivity index (χ3n) is 4.39. The summed E-state index contributed by atoms with van der Waals surface area (Å²) in [6.45, 7) is 0.266. The molecule has 1 aliphatic carbocycles. The molecule has 0 unspecified atom stereocenters. The van der Waals surface area contributed by atoms with Gasteiger partial charge in [0.05, 0.1) is 20.1 Å². The molecule has 2 aromatic rings. The van der Waals surface area contributed by atoms with Gasteiger partial charge in [-0.1, -0.05) is 36.6 Å². The Morgan fingerprint density at radius 2 is 2.17 bits per heavy atom. The van der Waals surface area contributed by atoms with E-state index in [9.17, 15) is 4.79 Å². The summed E-state index contributed by atoms with van der Waals surface area (Å²) in [5.41, 5.74) is 0.903. The van der Waals surface area contributed by atoms with Crippen molar-refractivity contribution in [2.75, 3.05) is 7.11 Å². The number of benzene rings is 1. The summed E-state index contributed by atoms with van der Waals surface area (Å²) in [5.74, 6) is 2.32. The van der Waals surface area contributed by atoms with Crippen LogP contribution >= 0.6 is 0 Å². The van der Waals surface area contributed by atoms with Crippen molar-refractivity contribution in [3.8, 4) is 5.75 Å². The molecule has 1 aromatic carbocycles. The molecule has 0 radical (unpaired) electrons. The molecule has 0 atom stereocenters. The number of methoxy groups -OCH3 is 1. The number of hydrogen-bond acceptors (Lipinski definition) is 5. The molecule has 6 nitrogen and oxygen atoms in total. The number of ether oxygens (including phenoxy) is 1. The molecule has 1 heterocycles. The van der Waals surface area contributed by atoms with Crippen molar-refractivity contribution < 1.29 is 14.1 Å². The van der Waals surface area contributed by atoms with E-state index in [-0.39, 0.29) is 12.5 Å². The lowest BCUT2D eigenvalue weighted by molar-refractivity contribution is -0.120. The van der Waals surface area contributed by atoms with Crippen LogP contribution in [0.1, 0.15) is 55.3 Å². The lowest BCUT2D eigenvalue weighted by Gasteiger charge is -2.17. The molecule has 24 heavy (non-hydrogen) atoms. The van der Waals surface area contributed by atoms with Gasteiger partial charge in [-0.25, -0.2) is 0 Å². The molecule has 128 valence electrons. The maximum absolute atomic E-state index is 12.1. The highest BCUT2D eigenvalue weighted by Crippen LogP contribution is 2.30. The molecule has 0 spiro atoms. The predicted molar refractivity (Wildman–Crippen MR) is 88.7 cm³/mol. The van der Waals surface area contributed by atoms with Crippen molar-refractivity contribution in [3.05, 3.63) is 41.5 Å². The zero-order valence-corrected chi connectivity index (χ0v) is 14.0. The number of rotatable bonds is 6. The molecular formula is C18H23N3O3. The molecule has 1 aromatic heterocycles.